The van der Waals surface area contributed by atoms with Gasteiger partial charge in [0.1, 0.15) is 4.90 Å². The second kappa shape index (κ2) is 6.83. The first-order valence-corrected chi connectivity index (χ1v) is 11.8. The zero-order valence-corrected chi connectivity index (χ0v) is 16.6. The molecule has 8 heteroatoms. The van der Waals surface area contributed by atoms with Gasteiger partial charge in [0.2, 0.25) is 10.0 Å². The third kappa shape index (κ3) is 2.96. The Bertz CT molecular complexity index is 777. The van der Waals surface area contributed by atoms with E-state index in [-0.39, 0.29) is 17.5 Å². The Morgan fingerprint density at radius 2 is 1.70 bits per heavy atom. The lowest BCUT2D eigenvalue weighted by Crippen LogP contribution is -2.71. The number of ether oxygens (including phenoxy) is 2. The van der Waals surface area contributed by atoms with Crippen molar-refractivity contribution in [2.24, 2.45) is 11.3 Å². The predicted molar refractivity (Wildman–Crippen MR) is 98.8 cm³/mol. The third-order valence-corrected chi connectivity index (χ3v) is 9.00. The van der Waals surface area contributed by atoms with Crippen molar-refractivity contribution in [3.63, 3.8) is 0 Å². The van der Waals surface area contributed by atoms with Crippen LogP contribution in [-0.4, -0.2) is 61.5 Å². The lowest BCUT2D eigenvalue weighted by Gasteiger charge is -2.64. The molecule has 1 saturated carbocycles. The van der Waals surface area contributed by atoms with Crippen molar-refractivity contribution in [3.05, 3.63) is 12.4 Å². The van der Waals surface area contributed by atoms with E-state index in [1.165, 1.54) is 25.5 Å². The van der Waals surface area contributed by atoms with E-state index in [2.05, 4.69) is 5.10 Å². The normalized spacial score (nSPS) is 30.1. The van der Waals surface area contributed by atoms with Crippen LogP contribution in [0.4, 0.5) is 0 Å². The molecule has 1 spiro atoms. The Hall–Kier alpha value is -0.960. The van der Waals surface area contributed by atoms with Crippen LogP contribution < -0.4 is 0 Å². The standard InChI is InChI=1S/C19H29N3O4S/c23-27(24,17-12-20-21(13-17)16-4-10-26-11-5-16)22-14-19(6-1-7-19)18(22)15-2-8-25-9-3-15/h12-13,15-16,18H,1-11,14H2. The minimum atomic E-state index is -3.49. The van der Waals surface area contributed by atoms with Crippen LogP contribution in [0.3, 0.4) is 0 Å². The third-order valence-electron chi connectivity index (χ3n) is 7.22. The van der Waals surface area contributed by atoms with E-state index < -0.39 is 10.0 Å². The molecule has 1 aliphatic carbocycles. The molecule has 4 heterocycles. The van der Waals surface area contributed by atoms with Gasteiger partial charge >= 0.3 is 0 Å². The first-order chi connectivity index (χ1) is 13.1. The number of sulfonamides is 1. The summed E-state index contributed by atoms with van der Waals surface area (Å²) >= 11 is 0. The van der Waals surface area contributed by atoms with Gasteiger partial charge in [-0.3, -0.25) is 4.68 Å². The van der Waals surface area contributed by atoms with Crippen molar-refractivity contribution >= 4 is 10.0 Å². The Morgan fingerprint density at radius 1 is 1.04 bits per heavy atom. The summed E-state index contributed by atoms with van der Waals surface area (Å²) in [5.41, 5.74) is 0.228. The molecule has 27 heavy (non-hydrogen) atoms. The molecule has 4 aliphatic rings. The van der Waals surface area contributed by atoms with Gasteiger partial charge in [-0.25, -0.2) is 8.42 Å². The fraction of sp³-hybridized carbons (Fsp3) is 0.842. The fourth-order valence-corrected chi connectivity index (χ4v) is 7.33. The van der Waals surface area contributed by atoms with E-state index in [9.17, 15) is 8.42 Å². The lowest BCUT2D eigenvalue weighted by atomic mass is 9.55. The van der Waals surface area contributed by atoms with Gasteiger partial charge in [-0.1, -0.05) is 6.42 Å². The summed E-state index contributed by atoms with van der Waals surface area (Å²) in [6.07, 6.45) is 10.6. The molecular formula is C19H29N3O4S. The topological polar surface area (TPSA) is 73.7 Å². The van der Waals surface area contributed by atoms with Crippen LogP contribution in [0.25, 0.3) is 0 Å². The van der Waals surface area contributed by atoms with E-state index in [1.54, 1.807) is 10.5 Å². The molecule has 4 fully saturated rings. The van der Waals surface area contributed by atoms with Crippen molar-refractivity contribution in [2.45, 2.75) is 61.9 Å². The number of hydrogen-bond donors (Lipinski definition) is 0. The summed E-state index contributed by atoms with van der Waals surface area (Å²) in [6, 6.07) is 0.384. The van der Waals surface area contributed by atoms with E-state index in [1.807, 2.05) is 4.68 Å². The van der Waals surface area contributed by atoms with Gasteiger partial charge in [0.25, 0.3) is 0 Å². The highest BCUT2D eigenvalue weighted by Crippen LogP contribution is 2.58. The van der Waals surface area contributed by atoms with Crippen molar-refractivity contribution in [2.75, 3.05) is 33.0 Å². The maximum atomic E-state index is 13.4. The predicted octanol–water partition coefficient (Wildman–Crippen LogP) is 2.20. The van der Waals surface area contributed by atoms with E-state index in [4.69, 9.17) is 9.47 Å². The summed E-state index contributed by atoms with van der Waals surface area (Å²) in [5, 5.41) is 4.39. The van der Waals surface area contributed by atoms with Crippen LogP contribution >= 0.6 is 0 Å². The average molecular weight is 396 g/mol. The quantitative estimate of drug-likeness (QED) is 0.781. The Labute approximate surface area is 161 Å². The highest BCUT2D eigenvalue weighted by molar-refractivity contribution is 7.89. The highest BCUT2D eigenvalue weighted by atomic mass is 32.2. The minimum absolute atomic E-state index is 0.145. The van der Waals surface area contributed by atoms with Crippen LogP contribution in [0.15, 0.2) is 17.3 Å². The minimum Gasteiger partial charge on any atom is -0.381 e. The SMILES string of the molecule is O=S(=O)(c1cnn(C2CCOCC2)c1)N1CC2(CCC2)C1C1CCOCC1. The Kier molecular flexibility index (Phi) is 4.57. The van der Waals surface area contributed by atoms with Crippen molar-refractivity contribution in [1.29, 1.82) is 0 Å². The molecule has 0 aromatic carbocycles. The summed E-state index contributed by atoms with van der Waals surface area (Å²) in [6.45, 7) is 3.62. The van der Waals surface area contributed by atoms with Gasteiger partial charge in [0.15, 0.2) is 0 Å². The van der Waals surface area contributed by atoms with Crippen molar-refractivity contribution in [3.8, 4) is 0 Å². The number of hydrogen-bond acceptors (Lipinski definition) is 5. The first kappa shape index (κ1) is 18.1. The van der Waals surface area contributed by atoms with Gasteiger partial charge in [-0.2, -0.15) is 9.40 Å². The smallest absolute Gasteiger partial charge is 0.246 e. The van der Waals surface area contributed by atoms with Crippen LogP contribution in [0.1, 0.15) is 51.0 Å². The summed E-state index contributed by atoms with van der Waals surface area (Å²) in [4.78, 5) is 0.347. The first-order valence-electron chi connectivity index (χ1n) is 10.3. The maximum absolute atomic E-state index is 13.4. The molecule has 150 valence electrons. The van der Waals surface area contributed by atoms with Crippen molar-refractivity contribution < 1.29 is 17.9 Å². The second-order valence-electron chi connectivity index (χ2n) is 8.66. The van der Waals surface area contributed by atoms with Crippen LogP contribution in [-0.2, 0) is 19.5 Å². The Morgan fingerprint density at radius 3 is 2.33 bits per heavy atom. The largest absolute Gasteiger partial charge is 0.381 e. The summed E-state index contributed by atoms with van der Waals surface area (Å²) < 4.78 is 41.4. The number of rotatable bonds is 4. The summed E-state index contributed by atoms with van der Waals surface area (Å²) in [5.74, 6) is 0.424. The molecule has 1 unspecified atom stereocenters. The number of aromatic nitrogens is 2. The van der Waals surface area contributed by atoms with Gasteiger partial charge in [0, 0.05) is 50.6 Å². The molecule has 7 nitrogen and oxygen atoms in total. The maximum Gasteiger partial charge on any atom is 0.246 e. The average Bonchev–Trinajstić information content (AvgIpc) is 3.12. The fourth-order valence-electron chi connectivity index (χ4n) is 5.52. The van der Waals surface area contributed by atoms with Crippen LogP contribution in [0.2, 0.25) is 0 Å². The molecule has 5 rings (SSSR count). The van der Waals surface area contributed by atoms with Gasteiger partial charge in [0.05, 0.1) is 12.2 Å². The van der Waals surface area contributed by atoms with Crippen LogP contribution in [0.5, 0.6) is 0 Å². The van der Waals surface area contributed by atoms with Gasteiger partial charge < -0.3 is 9.47 Å². The molecule has 0 bridgehead atoms. The summed E-state index contributed by atoms with van der Waals surface area (Å²) in [7, 11) is -3.49. The van der Waals surface area contributed by atoms with Gasteiger partial charge in [-0.15, -0.1) is 0 Å². The molecule has 0 radical (unpaired) electrons. The molecule has 1 atom stereocenters. The molecule has 1 aromatic heterocycles. The molecule has 1 aromatic rings. The van der Waals surface area contributed by atoms with Crippen LogP contribution in [0, 0.1) is 11.3 Å². The van der Waals surface area contributed by atoms with Gasteiger partial charge in [-0.05, 0) is 44.4 Å². The lowest BCUT2D eigenvalue weighted by molar-refractivity contribution is -0.120. The highest BCUT2D eigenvalue weighted by Gasteiger charge is 2.61. The van der Waals surface area contributed by atoms with E-state index >= 15 is 0 Å². The monoisotopic (exact) mass is 395 g/mol. The zero-order chi connectivity index (χ0) is 18.5. The zero-order valence-electron chi connectivity index (χ0n) is 15.8. The molecule has 0 amide bonds. The second-order valence-corrected chi connectivity index (χ2v) is 10.6. The van der Waals surface area contributed by atoms with E-state index in [0.29, 0.717) is 30.6 Å². The molecule has 0 N–H and O–H groups in total. The molecule has 3 aliphatic heterocycles. The Balaban J connectivity index is 1.38. The van der Waals surface area contributed by atoms with E-state index in [0.717, 1.165) is 38.9 Å². The molecule has 3 saturated heterocycles. The number of nitrogens with zero attached hydrogens (tertiary/aromatic N) is 3. The van der Waals surface area contributed by atoms with Crippen molar-refractivity contribution in [1.82, 2.24) is 14.1 Å². The molecular weight excluding hydrogens is 366 g/mol.